The third-order valence-corrected chi connectivity index (χ3v) is 6.19. The molecule has 3 aromatic carbocycles. The number of amides is 3. The number of benzene rings is 3. The van der Waals surface area contributed by atoms with E-state index >= 15 is 0 Å². The number of aryl methyl sites for hydroxylation is 1. The van der Waals surface area contributed by atoms with E-state index in [1.54, 1.807) is 30.3 Å². The maximum absolute atomic E-state index is 13.1. The van der Waals surface area contributed by atoms with E-state index in [0.29, 0.717) is 20.3 Å². The quantitative estimate of drug-likeness (QED) is 0.277. The van der Waals surface area contributed by atoms with Gasteiger partial charge in [0.1, 0.15) is 23.9 Å². The average Bonchev–Trinajstić information content (AvgIpc) is 3.02. The highest BCUT2D eigenvalue weighted by Crippen LogP contribution is 2.36. The largest absolute Gasteiger partial charge is 0.487 e. The van der Waals surface area contributed by atoms with Gasteiger partial charge in [0.2, 0.25) is 0 Å². The van der Waals surface area contributed by atoms with Crippen LogP contribution in [0.15, 0.2) is 75.3 Å². The molecule has 0 unspecified atom stereocenters. The van der Waals surface area contributed by atoms with Crippen LogP contribution < -0.4 is 10.1 Å². The summed E-state index contributed by atoms with van der Waals surface area (Å²) in [6.45, 7) is 2.43. The summed E-state index contributed by atoms with van der Waals surface area (Å²) in [7, 11) is 0. The zero-order valence-electron chi connectivity index (χ0n) is 17.6. The molecule has 0 aliphatic carbocycles. The smallest absolute Gasteiger partial charge is 0.329 e. The molecular weight excluding hydrogens is 555 g/mol. The van der Waals surface area contributed by atoms with Gasteiger partial charge in [0.15, 0.2) is 0 Å². The predicted octanol–water partition coefficient (Wildman–Crippen LogP) is 6.33. The van der Waals surface area contributed by atoms with Crippen LogP contribution >= 0.6 is 31.9 Å². The molecule has 0 saturated carbocycles. The van der Waals surface area contributed by atoms with Crippen LogP contribution in [0.25, 0.3) is 6.08 Å². The van der Waals surface area contributed by atoms with Crippen molar-refractivity contribution in [3.8, 4) is 5.75 Å². The molecule has 0 atom stereocenters. The predicted molar refractivity (Wildman–Crippen MR) is 131 cm³/mol. The van der Waals surface area contributed by atoms with Crippen LogP contribution in [0.4, 0.5) is 9.18 Å². The molecule has 0 radical (unpaired) electrons. The van der Waals surface area contributed by atoms with Crippen molar-refractivity contribution in [3.63, 3.8) is 0 Å². The molecule has 4 rings (SSSR count). The van der Waals surface area contributed by atoms with Gasteiger partial charge in [0, 0.05) is 0 Å². The van der Waals surface area contributed by atoms with Crippen LogP contribution in [0.2, 0.25) is 0 Å². The van der Waals surface area contributed by atoms with Gasteiger partial charge in [-0.15, -0.1) is 0 Å². The molecule has 3 amide bonds. The molecule has 1 heterocycles. The average molecular weight is 574 g/mol. The monoisotopic (exact) mass is 572 g/mol. The molecule has 1 aliphatic heterocycles. The van der Waals surface area contributed by atoms with E-state index in [1.807, 2.05) is 31.2 Å². The lowest BCUT2D eigenvalue weighted by molar-refractivity contribution is -0.123. The first-order valence-electron chi connectivity index (χ1n) is 10.1. The van der Waals surface area contributed by atoms with Crippen molar-refractivity contribution in [1.82, 2.24) is 10.2 Å². The summed E-state index contributed by atoms with van der Waals surface area (Å²) >= 11 is 6.99. The second-order valence-corrected chi connectivity index (χ2v) is 9.31. The van der Waals surface area contributed by atoms with Crippen molar-refractivity contribution in [2.24, 2.45) is 0 Å². The molecule has 1 fully saturated rings. The second kappa shape index (κ2) is 9.89. The van der Waals surface area contributed by atoms with Gasteiger partial charge < -0.3 is 10.1 Å². The Morgan fingerprint density at radius 1 is 1.00 bits per heavy atom. The van der Waals surface area contributed by atoms with Gasteiger partial charge in [-0.1, -0.05) is 42.0 Å². The zero-order valence-corrected chi connectivity index (χ0v) is 20.7. The lowest BCUT2D eigenvalue weighted by Crippen LogP contribution is -2.30. The molecule has 168 valence electrons. The third-order valence-electron chi connectivity index (χ3n) is 5.01. The summed E-state index contributed by atoms with van der Waals surface area (Å²) in [5.41, 5.74) is 3.67. The lowest BCUT2D eigenvalue weighted by Gasteiger charge is -2.12. The van der Waals surface area contributed by atoms with Crippen molar-refractivity contribution in [2.75, 3.05) is 0 Å². The van der Waals surface area contributed by atoms with Gasteiger partial charge in [-0.3, -0.25) is 9.69 Å². The molecule has 0 spiro atoms. The van der Waals surface area contributed by atoms with E-state index in [2.05, 4.69) is 37.2 Å². The highest BCUT2D eigenvalue weighted by Gasteiger charge is 2.33. The molecule has 1 N–H and O–H groups in total. The summed E-state index contributed by atoms with van der Waals surface area (Å²) < 4.78 is 20.3. The maximum atomic E-state index is 13.1. The zero-order chi connectivity index (χ0) is 23.5. The molecule has 3 aromatic rings. The van der Waals surface area contributed by atoms with Crippen LogP contribution in [-0.2, 0) is 17.9 Å². The van der Waals surface area contributed by atoms with Crippen molar-refractivity contribution >= 4 is 49.9 Å². The van der Waals surface area contributed by atoms with Crippen LogP contribution in [0, 0.1) is 12.7 Å². The molecule has 1 aliphatic rings. The number of ether oxygens (including phenoxy) is 1. The third kappa shape index (κ3) is 5.51. The van der Waals surface area contributed by atoms with Crippen LogP contribution in [0.5, 0.6) is 5.75 Å². The molecule has 1 saturated heterocycles. The Kier molecular flexibility index (Phi) is 6.95. The van der Waals surface area contributed by atoms with Crippen molar-refractivity contribution < 1.29 is 18.7 Å². The van der Waals surface area contributed by atoms with Crippen molar-refractivity contribution in [2.45, 2.75) is 20.1 Å². The summed E-state index contributed by atoms with van der Waals surface area (Å²) in [6.07, 6.45) is 1.62. The van der Waals surface area contributed by atoms with E-state index in [1.165, 1.54) is 17.0 Å². The van der Waals surface area contributed by atoms with Gasteiger partial charge in [-0.05, 0) is 85.8 Å². The van der Waals surface area contributed by atoms with Gasteiger partial charge in [0.05, 0.1) is 15.5 Å². The van der Waals surface area contributed by atoms with Gasteiger partial charge in [-0.25, -0.2) is 9.18 Å². The fraction of sp³-hybridized carbons (Fsp3) is 0.120. The summed E-state index contributed by atoms with van der Waals surface area (Å²) in [5, 5.41) is 2.65. The highest BCUT2D eigenvalue weighted by atomic mass is 79.9. The van der Waals surface area contributed by atoms with Crippen molar-refractivity contribution in [1.29, 1.82) is 0 Å². The number of nitrogens with zero attached hydrogens (tertiary/aromatic N) is 1. The van der Waals surface area contributed by atoms with Crippen molar-refractivity contribution in [3.05, 3.63) is 103 Å². The Morgan fingerprint density at radius 2 is 1.70 bits per heavy atom. The van der Waals surface area contributed by atoms with E-state index in [4.69, 9.17) is 4.74 Å². The molecular formula is C25H19Br2FN2O3. The maximum Gasteiger partial charge on any atom is 0.329 e. The SMILES string of the molecule is Cc1cccc(CN2C(=O)N/C(=C/c3cc(Br)c(OCc4ccc(F)cc4)c(Br)c3)C2=O)c1. The Morgan fingerprint density at radius 3 is 2.36 bits per heavy atom. The number of halogens is 3. The number of carbonyl (C=O) groups excluding carboxylic acids is 2. The minimum atomic E-state index is -0.454. The molecule has 0 aromatic heterocycles. The number of hydrogen-bond donors (Lipinski definition) is 1. The van der Waals surface area contributed by atoms with Gasteiger partial charge in [-0.2, -0.15) is 0 Å². The molecule has 0 bridgehead atoms. The summed E-state index contributed by atoms with van der Waals surface area (Å²) in [5.74, 6) is -0.112. The first kappa shape index (κ1) is 23.2. The topological polar surface area (TPSA) is 58.6 Å². The summed E-state index contributed by atoms with van der Waals surface area (Å²) in [6, 6.07) is 16.9. The van der Waals surface area contributed by atoms with Gasteiger partial charge in [0.25, 0.3) is 5.91 Å². The van der Waals surface area contributed by atoms with E-state index in [9.17, 15) is 14.0 Å². The minimum absolute atomic E-state index is 0.200. The Bertz CT molecular complexity index is 1240. The van der Waals surface area contributed by atoms with E-state index in [-0.39, 0.29) is 30.6 Å². The molecule has 33 heavy (non-hydrogen) atoms. The minimum Gasteiger partial charge on any atom is -0.487 e. The fourth-order valence-electron chi connectivity index (χ4n) is 3.41. The molecule has 5 nitrogen and oxygen atoms in total. The number of urea groups is 1. The number of hydrogen-bond acceptors (Lipinski definition) is 3. The normalized spacial score (nSPS) is 14.7. The van der Waals surface area contributed by atoms with Crippen LogP contribution in [0.3, 0.4) is 0 Å². The first-order chi connectivity index (χ1) is 15.8. The van der Waals surface area contributed by atoms with E-state index in [0.717, 1.165) is 16.7 Å². The lowest BCUT2D eigenvalue weighted by atomic mass is 10.1. The van der Waals surface area contributed by atoms with Gasteiger partial charge >= 0.3 is 6.03 Å². The Labute approximate surface area is 207 Å². The Hall–Kier alpha value is -2.97. The van der Waals surface area contributed by atoms with Crippen LogP contribution in [0.1, 0.15) is 22.3 Å². The number of nitrogens with one attached hydrogen (secondary N) is 1. The number of rotatable bonds is 6. The standard InChI is InChI=1S/C25H19Br2FN2O3/c1-15-3-2-4-17(9-15)13-30-24(31)22(29-25(30)32)12-18-10-20(26)23(21(27)11-18)33-14-16-5-7-19(28)8-6-16/h2-12H,13-14H2,1H3,(H,29,32)/b22-12+. The van der Waals surface area contributed by atoms with Crippen LogP contribution in [-0.4, -0.2) is 16.8 Å². The summed E-state index contributed by atoms with van der Waals surface area (Å²) in [4.78, 5) is 26.4. The molecule has 8 heteroatoms. The first-order valence-corrected chi connectivity index (χ1v) is 11.6. The number of imide groups is 1. The Balaban J connectivity index is 1.49. The number of carbonyl (C=O) groups is 2. The second-order valence-electron chi connectivity index (χ2n) is 7.60. The highest BCUT2D eigenvalue weighted by molar-refractivity contribution is 9.11. The van der Waals surface area contributed by atoms with E-state index < -0.39 is 6.03 Å². The fourth-order valence-corrected chi connectivity index (χ4v) is 4.86.